The average molecular weight is 1020 g/mol. The molecule has 6 nitrogen and oxygen atoms in total. The lowest BCUT2D eigenvalue weighted by atomic mass is 10.0. The Morgan fingerprint density at radius 1 is 0.288 bits per heavy atom. The minimum Gasteiger partial charge on any atom is -0.462 e. The van der Waals surface area contributed by atoms with Crippen molar-refractivity contribution in [2.24, 2.45) is 0 Å². The maximum Gasteiger partial charge on any atom is 0.306 e. The molecule has 0 saturated heterocycles. The molecule has 0 spiro atoms. The molecule has 0 heterocycles. The van der Waals surface area contributed by atoms with E-state index in [9.17, 15) is 14.4 Å². The van der Waals surface area contributed by atoms with E-state index < -0.39 is 6.10 Å². The Balaban J connectivity index is 4.33. The van der Waals surface area contributed by atoms with Gasteiger partial charge in [0.2, 0.25) is 0 Å². The summed E-state index contributed by atoms with van der Waals surface area (Å²) in [6.45, 7) is 6.55. The Labute approximate surface area is 453 Å². The number of carbonyl (C=O) groups is 3. The summed E-state index contributed by atoms with van der Waals surface area (Å²) in [7, 11) is 0. The van der Waals surface area contributed by atoms with Gasteiger partial charge in [0.25, 0.3) is 0 Å². The Hall–Kier alpha value is -3.15. The quantitative estimate of drug-likeness (QED) is 0.0261. The Morgan fingerprint density at radius 2 is 0.534 bits per heavy atom. The van der Waals surface area contributed by atoms with Crippen LogP contribution in [0.15, 0.2) is 72.9 Å². The van der Waals surface area contributed by atoms with E-state index in [1.165, 1.54) is 173 Å². The summed E-state index contributed by atoms with van der Waals surface area (Å²) >= 11 is 0. The summed E-state index contributed by atoms with van der Waals surface area (Å²) in [5.74, 6) is -0.874. The molecule has 0 amide bonds. The fraction of sp³-hybridized carbons (Fsp3) is 0.776. The van der Waals surface area contributed by atoms with Crippen LogP contribution in [0.25, 0.3) is 0 Å². The SMILES string of the molecule is CC/C=C\C/C=C\C/C=C\C/C=C\C/C=C\C/C=C\CCCCCCCCC(=O)OCC(COC(=O)CCCCCCCCCCCCCCC)OC(=O)CCCCCCCCCCCCCCCCCCC. The van der Waals surface area contributed by atoms with Gasteiger partial charge < -0.3 is 14.2 Å². The van der Waals surface area contributed by atoms with Crippen LogP contribution >= 0.6 is 0 Å². The summed E-state index contributed by atoms with van der Waals surface area (Å²) < 4.78 is 16.9. The van der Waals surface area contributed by atoms with Crippen molar-refractivity contribution in [1.29, 1.82) is 0 Å². The largest absolute Gasteiger partial charge is 0.462 e. The molecule has 422 valence electrons. The molecule has 0 fully saturated rings. The summed E-state index contributed by atoms with van der Waals surface area (Å²) in [4.78, 5) is 38.3. The van der Waals surface area contributed by atoms with Gasteiger partial charge in [-0.15, -0.1) is 0 Å². The van der Waals surface area contributed by atoms with Crippen LogP contribution in [0, 0.1) is 0 Å². The second-order valence-electron chi connectivity index (χ2n) is 21.0. The molecule has 73 heavy (non-hydrogen) atoms. The predicted molar refractivity (Wildman–Crippen MR) is 316 cm³/mol. The van der Waals surface area contributed by atoms with E-state index in [1.807, 2.05) is 0 Å². The van der Waals surface area contributed by atoms with Crippen molar-refractivity contribution in [3.05, 3.63) is 72.9 Å². The number of ether oxygens (including phenoxy) is 3. The van der Waals surface area contributed by atoms with Crippen molar-refractivity contribution in [2.45, 2.75) is 322 Å². The van der Waals surface area contributed by atoms with Crippen LogP contribution in [-0.4, -0.2) is 37.2 Å². The Kier molecular flexibility index (Phi) is 58.7. The van der Waals surface area contributed by atoms with Crippen LogP contribution in [0.3, 0.4) is 0 Å². The van der Waals surface area contributed by atoms with Crippen LogP contribution in [0.1, 0.15) is 316 Å². The third-order valence-corrected chi connectivity index (χ3v) is 13.7. The van der Waals surface area contributed by atoms with Crippen molar-refractivity contribution in [3.8, 4) is 0 Å². The summed E-state index contributed by atoms with van der Waals surface area (Å²) in [6.07, 6.45) is 79.0. The predicted octanol–water partition coefficient (Wildman–Crippen LogP) is 21.3. The lowest BCUT2D eigenvalue weighted by Gasteiger charge is -2.18. The number of carbonyl (C=O) groups excluding carboxylic acids is 3. The molecule has 0 aromatic carbocycles. The second-order valence-corrected chi connectivity index (χ2v) is 21.0. The first kappa shape index (κ1) is 69.8. The molecular formula is C67H118O6. The maximum absolute atomic E-state index is 12.9. The van der Waals surface area contributed by atoms with E-state index in [4.69, 9.17) is 14.2 Å². The number of allylic oxidation sites excluding steroid dienone is 12. The first-order valence-electron chi connectivity index (χ1n) is 31.4. The normalized spacial score (nSPS) is 12.5. The molecule has 0 aliphatic heterocycles. The zero-order chi connectivity index (χ0) is 52.9. The number of rotatable bonds is 57. The Bertz CT molecular complexity index is 1360. The van der Waals surface area contributed by atoms with Crippen LogP contribution in [0.2, 0.25) is 0 Å². The zero-order valence-electron chi connectivity index (χ0n) is 48.4. The first-order valence-corrected chi connectivity index (χ1v) is 31.4. The third kappa shape index (κ3) is 59.6. The highest BCUT2D eigenvalue weighted by molar-refractivity contribution is 5.71. The smallest absolute Gasteiger partial charge is 0.306 e. The topological polar surface area (TPSA) is 78.9 Å². The third-order valence-electron chi connectivity index (χ3n) is 13.7. The van der Waals surface area contributed by atoms with Crippen molar-refractivity contribution in [3.63, 3.8) is 0 Å². The number of hydrogen-bond acceptors (Lipinski definition) is 6. The number of esters is 3. The summed E-state index contributed by atoms with van der Waals surface area (Å²) in [6, 6.07) is 0. The van der Waals surface area contributed by atoms with Gasteiger partial charge in [-0.2, -0.15) is 0 Å². The molecule has 0 aromatic rings. The highest BCUT2D eigenvalue weighted by atomic mass is 16.6. The lowest BCUT2D eigenvalue weighted by Crippen LogP contribution is -2.30. The zero-order valence-corrected chi connectivity index (χ0v) is 48.4. The molecule has 0 rings (SSSR count). The van der Waals surface area contributed by atoms with E-state index in [0.29, 0.717) is 19.3 Å². The highest BCUT2D eigenvalue weighted by Gasteiger charge is 2.19. The lowest BCUT2D eigenvalue weighted by molar-refractivity contribution is -0.167. The van der Waals surface area contributed by atoms with Gasteiger partial charge in [-0.25, -0.2) is 0 Å². The van der Waals surface area contributed by atoms with E-state index in [1.54, 1.807) is 0 Å². The van der Waals surface area contributed by atoms with Gasteiger partial charge in [0, 0.05) is 19.3 Å². The molecule has 0 bridgehead atoms. The van der Waals surface area contributed by atoms with Crippen molar-refractivity contribution >= 4 is 17.9 Å². The van der Waals surface area contributed by atoms with Crippen molar-refractivity contribution in [2.75, 3.05) is 13.2 Å². The van der Waals surface area contributed by atoms with Crippen LogP contribution in [-0.2, 0) is 28.6 Å². The van der Waals surface area contributed by atoms with E-state index >= 15 is 0 Å². The highest BCUT2D eigenvalue weighted by Crippen LogP contribution is 2.17. The second kappa shape index (κ2) is 61.4. The molecular weight excluding hydrogens is 901 g/mol. The van der Waals surface area contributed by atoms with E-state index in [0.717, 1.165) is 103 Å². The summed E-state index contributed by atoms with van der Waals surface area (Å²) in [5.41, 5.74) is 0. The van der Waals surface area contributed by atoms with Gasteiger partial charge in [-0.3, -0.25) is 14.4 Å². The van der Waals surface area contributed by atoms with Gasteiger partial charge >= 0.3 is 17.9 Å². The van der Waals surface area contributed by atoms with E-state index in [2.05, 4.69) is 93.7 Å². The Morgan fingerprint density at radius 3 is 0.836 bits per heavy atom. The minimum absolute atomic E-state index is 0.0755. The van der Waals surface area contributed by atoms with Gasteiger partial charge in [0.1, 0.15) is 13.2 Å². The molecule has 0 aromatic heterocycles. The molecule has 0 N–H and O–H groups in total. The fourth-order valence-corrected chi connectivity index (χ4v) is 9.04. The fourth-order valence-electron chi connectivity index (χ4n) is 9.04. The van der Waals surface area contributed by atoms with Gasteiger partial charge in [0.15, 0.2) is 6.10 Å². The average Bonchev–Trinajstić information content (AvgIpc) is 3.39. The van der Waals surface area contributed by atoms with Crippen LogP contribution in [0.5, 0.6) is 0 Å². The van der Waals surface area contributed by atoms with Gasteiger partial charge in [-0.1, -0.05) is 299 Å². The number of hydrogen-bond donors (Lipinski definition) is 0. The molecule has 0 aliphatic carbocycles. The van der Waals surface area contributed by atoms with E-state index in [-0.39, 0.29) is 31.1 Å². The van der Waals surface area contributed by atoms with Crippen LogP contribution < -0.4 is 0 Å². The standard InChI is InChI=1S/C67H118O6/c1-4-7-10-13-16-19-22-25-27-29-30-31-32-33-34-35-36-38-39-42-45-48-51-54-57-60-66(69)72-63-64(62-71-65(68)59-56-53-50-47-44-41-24-21-18-15-12-9-6-3)73-67(70)61-58-55-52-49-46-43-40-37-28-26-23-20-17-14-11-8-5-2/h7,10,16,19,25,27,30-31,33-34,36,38,64H,4-6,8-9,11-15,17-18,20-24,26,28-29,32,35,37,39-63H2,1-3H3/b10-7-,19-16-,27-25-,31-30-,34-33-,38-36-. The van der Waals surface area contributed by atoms with Crippen molar-refractivity contribution in [1.82, 2.24) is 0 Å². The first-order chi connectivity index (χ1) is 36.0. The maximum atomic E-state index is 12.9. The molecule has 1 atom stereocenters. The molecule has 1 unspecified atom stereocenters. The number of unbranched alkanes of at least 4 members (excludes halogenated alkanes) is 34. The molecule has 0 saturated carbocycles. The van der Waals surface area contributed by atoms with Crippen LogP contribution in [0.4, 0.5) is 0 Å². The monoisotopic (exact) mass is 1020 g/mol. The molecule has 0 aliphatic rings. The van der Waals surface area contributed by atoms with Crippen molar-refractivity contribution < 1.29 is 28.6 Å². The molecule has 0 radical (unpaired) electrons. The summed E-state index contributed by atoms with van der Waals surface area (Å²) in [5, 5.41) is 0. The van der Waals surface area contributed by atoms with Gasteiger partial charge in [-0.05, 0) is 70.6 Å². The van der Waals surface area contributed by atoms with Gasteiger partial charge in [0.05, 0.1) is 0 Å². The molecule has 6 heteroatoms. The minimum atomic E-state index is -0.779.